The predicted molar refractivity (Wildman–Crippen MR) is 93.0 cm³/mol. The van der Waals surface area contributed by atoms with E-state index in [9.17, 15) is 4.79 Å². The molecule has 0 bridgehead atoms. The van der Waals surface area contributed by atoms with Gasteiger partial charge in [0.15, 0.2) is 0 Å². The van der Waals surface area contributed by atoms with Crippen LogP contribution in [0.5, 0.6) is 0 Å². The maximum Gasteiger partial charge on any atom is 0.234 e. The van der Waals surface area contributed by atoms with Gasteiger partial charge < -0.3 is 10.2 Å². The summed E-state index contributed by atoms with van der Waals surface area (Å²) >= 11 is 6.84. The number of nitrogens with one attached hydrogen (secondary N) is 1. The van der Waals surface area contributed by atoms with E-state index in [1.807, 2.05) is 6.07 Å². The highest BCUT2D eigenvalue weighted by Crippen LogP contribution is 2.25. The second-order valence-electron chi connectivity index (χ2n) is 5.63. The number of nitrogens with zero attached hydrogens (tertiary/aromatic N) is 1. The summed E-state index contributed by atoms with van der Waals surface area (Å²) in [5.74, 6) is 0.423. The fourth-order valence-electron chi connectivity index (χ4n) is 2.96. The van der Waals surface area contributed by atoms with E-state index in [-0.39, 0.29) is 5.91 Å². The number of rotatable bonds is 3. The number of thioether (sulfide) groups is 1. The molecule has 1 aromatic carbocycles. The molecule has 112 valence electrons. The number of hydrogen-bond acceptors (Lipinski definition) is 3. The highest BCUT2D eigenvalue weighted by Gasteiger charge is 2.16. The second kappa shape index (κ2) is 6.79. The number of amides is 1. The number of hydrogen-bond donors (Lipinski definition) is 1. The van der Waals surface area contributed by atoms with E-state index in [1.165, 1.54) is 48.6 Å². The molecule has 1 aliphatic heterocycles. The molecule has 1 aromatic rings. The van der Waals surface area contributed by atoms with E-state index in [0.717, 1.165) is 29.5 Å². The van der Waals surface area contributed by atoms with Gasteiger partial charge in [-0.15, -0.1) is 0 Å². The van der Waals surface area contributed by atoms with Crippen LogP contribution in [0.15, 0.2) is 18.2 Å². The van der Waals surface area contributed by atoms with Crippen LogP contribution in [0.2, 0.25) is 0 Å². The first kappa shape index (κ1) is 14.9. The van der Waals surface area contributed by atoms with Crippen molar-refractivity contribution in [3.05, 3.63) is 29.3 Å². The summed E-state index contributed by atoms with van der Waals surface area (Å²) in [7, 11) is 0. The first-order valence-electron chi connectivity index (χ1n) is 7.56. The van der Waals surface area contributed by atoms with E-state index in [2.05, 4.69) is 22.3 Å². The zero-order chi connectivity index (χ0) is 14.7. The number of carbonyl (C=O) groups is 1. The zero-order valence-corrected chi connectivity index (χ0v) is 13.7. The van der Waals surface area contributed by atoms with Gasteiger partial charge in [0.25, 0.3) is 0 Å². The largest absolute Gasteiger partial charge is 0.358 e. The first-order valence-corrected chi connectivity index (χ1v) is 8.95. The molecule has 0 radical (unpaired) electrons. The Morgan fingerprint density at radius 3 is 2.76 bits per heavy atom. The van der Waals surface area contributed by atoms with E-state index < -0.39 is 0 Å². The second-order valence-corrected chi connectivity index (χ2v) is 7.24. The van der Waals surface area contributed by atoms with E-state index in [4.69, 9.17) is 12.2 Å². The molecule has 1 amide bonds. The number of anilines is 1. The molecular formula is C16H20N2OS2. The van der Waals surface area contributed by atoms with Crippen molar-refractivity contribution in [1.29, 1.82) is 0 Å². The van der Waals surface area contributed by atoms with Crippen molar-refractivity contribution in [3.63, 3.8) is 0 Å². The minimum atomic E-state index is 0.0273. The Kier molecular flexibility index (Phi) is 4.80. The Morgan fingerprint density at radius 1 is 1.19 bits per heavy atom. The predicted octanol–water partition coefficient (Wildman–Crippen LogP) is 3.23. The quantitative estimate of drug-likeness (QED) is 0.867. The molecule has 3 rings (SSSR count). The molecule has 0 unspecified atom stereocenters. The van der Waals surface area contributed by atoms with Gasteiger partial charge >= 0.3 is 0 Å². The fraction of sp³-hybridized carbons (Fsp3) is 0.500. The molecule has 2 aliphatic rings. The topological polar surface area (TPSA) is 32.3 Å². The molecule has 1 fully saturated rings. The van der Waals surface area contributed by atoms with Crippen molar-refractivity contribution < 1.29 is 4.79 Å². The third kappa shape index (κ3) is 3.77. The Bertz CT molecular complexity index is 553. The van der Waals surface area contributed by atoms with Crippen molar-refractivity contribution >= 4 is 39.9 Å². The molecule has 0 aromatic heterocycles. The number of fused-ring (bicyclic) bond motifs is 1. The lowest BCUT2D eigenvalue weighted by Crippen LogP contribution is -2.25. The van der Waals surface area contributed by atoms with E-state index >= 15 is 0 Å². The lowest BCUT2D eigenvalue weighted by molar-refractivity contribution is -0.113. The van der Waals surface area contributed by atoms with E-state index in [0.29, 0.717) is 5.75 Å². The molecular weight excluding hydrogens is 300 g/mol. The van der Waals surface area contributed by atoms with Crippen molar-refractivity contribution in [3.8, 4) is 0 Å². The van der Waals surface area contributed by atoms with Gasteiger partial charge in [-0.1, -0.05) is 30.0 Å². The third-order valence-corrected chi connectivity index (χ3v) is 5.60. The van der Waals surface area contributed by atoms with E-state index in [1.54, 1.807) is 0 Å². The van der Waals surface area contributed by atoms with Crippen LogP contribution in [-0.4, -0.2) is 34.0 Å². The van der Waals surface area contributed by atoms with Crippen molar-refractivity contribution in [2.45, 2.75) is 32.1 Å². The summed E-state index contributed by atoms with van der Waals surface area (Å²) < 4.78 is 0.858. The molecule has 0 saturated carbocycles. The molecule has 0 spiro atoms. The van der Waals surface area contributed by atoms with Crippen LogP contribution in [-0.2, 0) is 17.6 Å². The van der Waals surface area contributed by atoms with Crippen LogP contribution in [0, 0.1) is 0 Å². The molecule has 0 atom stereocenters. The Morgan fingerprint density at radius 2 is 1.95 bits per heavy atom. The highest BCUT2D eigenvalue weighted by molar-refractivity contribution is 8.23. The molecule has 21 heavy (non-hydrogen) atoms. The average Bonchev–Trinajstić information content (AvgIpc) is 3.15. The molecule has 1 saturated heterocycles. The maximum absolute atomic E-state index is 12.0. The third-order valence-electron chi connectivity index (χ3n) is 4.07. The summed E-state index contributed by atoms with van der Waals surface area (Å²) in [5, 5.41) is 2.98. The summed E-state index contributed by atoms with van der Waals surface area (Å²) in [6, 6.07) is 6.26. The lowest BCUT2D eigenvalue weighted by atomic mass is 10.1. The summed E-state index contributed by atoms with van der Waals surface area (Å²) in [6.07, 6.45) is 5.95. The highest BCUT2D eigenvalue weighted by atomic mass is 32.2. The Hall–Kier alpha value is -1.07. The van der Waals surface area contributed by atoms with Gasteiger partial charge in [0.1, 0.15) is 4.32 Å². The van der Waals surface area contributed by atoms with Crippen molar-refractivity contribution in [1.82, 2.24) is 4.90 Å². The number of carbonyl (C=O) groups excluding carboxylic acids is 1. The molecule has 1 aliphatic carbocycles. The summed E-state index contributed by atoms with van der Waals surface area (Å²) in [5.41, 5.74) is 3.72. The van der Waals surface area contributed by atoms with Crippen LogP contribution in [0.25, 0.3) is 0 Å². The molecule has 1 N–H and O–H groups in total. The van der Waals surface area contributed by atoms with Gasteiger partial charge in [-0.3, -0.25) is 4.79 Å². The van der Waals surface area contributed by atoms with Gasteiger partial charge in [0.05, 0.1) is 5.75 Å². The monoisotopic (exact) mass is 320 g/mol. The average molecular weight is 320 g/mol. The molecule has 3 nitrogen and oxygen atoms in total. The van der Waals surface area contributed by atoms with Crippen molar-refractivity contribution in [2.24, 2.45) is 0 Å². The Labute approximate surface area is 135 Å². The fourth-order valence-corrected chi connectivity index (χ4v) is 4.02. The summed E-state index contributed by atoms with van der Waals surface area (Å²) in [4.78, 5) is 14.2. The minimum Gasteiger partial charge on any atom is -0.358 e. The van der Waals surface area contributed by atoms with Crippen LogP contribution >= 0.6 is 24.0 Å². The molecule has 5 heteroatoms. The minimum absolute atomic E-state index is 0.0273. The lowest BCUT2D eigenvalue weighted by Gasteiger charge is -2.17. The van der Waals surface area contributed by atoms with Crippen LogP contribution in [0.3, 0.4) is 0 Å². The van der Waals surface area contributed by atoms with Gasteiger partial charge in [-0.2, -0.15) is 0 Å². The van der Waals surface area contributed by atoms with Gasteiger partial charge in [0, 0.05) is 18.8 Å². The first-order chi connectivity index (χ1) is 10.2. The van der Waals surface area contributed by atoms with Gasteiger partial charge in [0.2, 0.25) is 5.91 Å². The number of aryl methyl sites for hydroxylation is 2. The van der Waals surface area contributed by atoms with Crippen LogP contribution in [0.4, 0.5) is 5.69 Å². The van der Waals surface area contributed by atoms with Crippen LogP contribution < -0.4 is 5.32 Å². The SMILES string of the molecule is O=C(CSC(=S)N1CCCC1)Nc1ccc2c(c1)CCC2. The van der Waals surface area contributed by atoms with Gasteiger partial charge in [-0.05, 0) is 55.4 Å². The molecule has 1 heterocycles. The maximum atomic E-state index is 12.0. The number of likely N-dealkylation sites (tertiary alicyclic amines) is 1. The standard InChI is InChI=1S/C16H20N2OS2/c19-15(11-21-16(20)18-8-1-2-9-18)17-14-7-6-12-4-3-5-13(12)10-14/h6-7,10H,1-5,8-9,11H2,(H,17,19). The van der Waals surface area contributed by atoms with Crippen LogP contribution in [0.1, 0.15) is 30.4 Å². The Balaban J connectivity index is 1.48. The summed E-state index contributed by atoms with van der Waals surface area (Å²) in [6.45, 7) is 2.08. The normalized spacial score (nSPS) is 16.9. The van der Waals surface area contributed by atoms with Crippen molar-refractivity contribution in [2.75, 3.05) is 24.2 Å². The number of benzene rings is 1. The zero-order valence-electron chi connectivity index (χ0n) is 12.1. The number of thiocarbonyl (C=S) groups is 1. The smallest absolute Gasteiger partial charge is 0.234 e. The van der Waals surface area contributed by atoms with Gasteiger partial charge in [-0.25, -0.2) is 0 Å².